The van der Waals surface area contributed by atoms with Crippen LogP contribution >= 0.6 is 6.19 Å². The second kappa shape index (κ2) is 11.0. The summed E-state index contributed by atoms with van der Waals surface area (Å²) in [6.45, 7) is 6.05. The van der Waals surface area contributed by atoms with Gasteiger partial charge in [-0.3, -0.25) is 10.1 Å². The van der Waals surface area contributed by atoms with Crippen molar-refractivity contribution in [3.63, 3.8) is 0 Å². The molecule has 4 aromatic carbocycles. The van der Waals surface area contributed by atoms with E-state index >= 15 is 0 Å². The Balaban J connectivity index is 1.65. The van der Waals surface area contributed by atoms with Gasteiger partial charge in [0.1, 0.15) is 0 Å². The highest BCUT2D eigenvalue weighted by Gasteiger charge is 2.40. The van der Waals surface area contributed by atoms with Gasteiger partial charge in [0.2, 0.25) is 0 Å². The maximum absolute atomic E-state index is 10.6. The number of nitrogens with one attached hydrogen (secondary N) is 1. The standard InChI is InChI=1S/C33H30N3PS/c1-3-4-23-33(2,36-37(38,25-15-7-5-8-16-25)26-17-9-6-10-18-26)31(24-34)35-32-29-21-13-11-19-27(29)28-20-12-14-22-30(28)32/h3,5-22,31H,1,4,23H2,2H3,(H,36,38)/t31-,33+/m0/s1. The monoisotopic (exact) mass is 531 g/mol. The quantitative estimate of drug-likeness (QED) is 0.169. The van der Waals surface area contributed by atoms with Crippen molar-refractivity contribution in [3.05, 3.63) is 133 Å². The number of nitrogens with zero attached hydrogens (tertiary/aromatic N) is 2. The zero-order valence-corrected chi connectivity index (χ0v) is 23.1. The Morgan fingerprint density at radius 3 is 1.74 bits per heavy atom. The zero-order chi connectivity index (χ0) is 26.6. The van der Waals surface area contributed by atoms with Gasteiger partial charge in [0, 0.05) is 21.7 Å². The van der Waals surface area contributed by atoms with Crippen LogP contribution < -0.4 is 15.7 Å². The minimum absolute atomic E-state index is 0.673. The van der Waals surface area contributed by atoms with Crippen LogP contribution in [0.25, 0.3) is 11.1 Å². The Labute approximate surface area is 230 Å². The summed E-state index contributed by atoms with van der Waals surface area (Å²) >= 11 is 6.53. The second-order valence-corrected chi connectivity index (χ2v) is 13.9. The lowest BCUT2D eigenvalue weighted by Gasteiger charge is -2.39. The lowest BCUT2D eigenvalue weighted by molar-refractivity contribution is 0.369. The largest absolute Gasteiger partial charge is 0.273 e. The molecule has 5 rings (SSSR count). The van der Waals surface area contributed by atoms with Gasteiger partial charge in [0.15, 0.2) is 6.04 Å². The Morgan fingerprint density at radius 1 is 0.842 bits per heavy atom. The summed E-state index contributed by atoms with van der Waals surface area (Å²) in [6, 6.07) is 38.9. The van der Waals surface area contributed by atoms with E-state index in [1.54, 1.807) is 0 Å². The van der Waals surface area contributed by atoms with E-state index in [-0.39, 0.29) is 0 Å². The fourth-order valence-electron chi connectivity index (χ4n) is 5.15. The van der Waals surface area contributed by atoms with Crippen molar-refractivity contribution in [2.75, 3.05) is 0 Å². The van der Waals surface area contributed by atoms with Gasteiger partial charge in [-0.25, -0.2) is 0 Å². The van der Waals surface area contributed by atoms with Crippen LogP contribution in [0.15, 0.2) is 127 Å². The molecule has 0 aliphatic heterocycles. The first-order valence-electron chi connectivity index (χ1n) is 12.8. The summed E-state index contributed by atoms with van der Waals surface area (Å²) in [4.78, 5) is 5.20. The summed E-state index contributed by atoms with van der Waals surface area (Å²) < 4.78 is 0. The molecular weight excluding hydrogens is 501 g/mol. The molecule has 0 bridgehead atoms. The predicted octanol–water partition coefficient (Wildman–Crippen LogP) is 6.76. The summed E-state index contributed by atoms with van der Waals surface area (Å²) in [5, 5.41) is 16.6. The number of fused-ring (bicyclic) bond motifs is 3. The molecule has 0 saturated carbocycles. The molecule has 1 N–H and O–H groups in total. The van der Waals surface area contributed by atoms with E-state index in [9.17, 15) is 5.26 Å². The van der Waals surface area contributed by atoms with Gasteiger partial charge < -0.3 is 0 Å². The Hall–Kier alpha value is -3.61. The first-order valence-corrected chi connectivity index (χ1v) is 15.6. The highest BCUT2D eigenvalue weighted by atomic mass is 32.4. The highest BCUT2D eigenvalue weighted by molar-refractivity contribution is 8.21. The third kappa shape index (κ3) is 4.82. The molecule has 188 valence electrons. The van der Waals surface area contributed by atoms with Gasteiger partial charge in [0.05, 0.1) is 23.5 Å². The number of nitriles is 1. The number of benzene rings is 4. The van der Waals surface area contributed by atoms with Crippen LogP contribution in [0.3, 0.4) is 0 Å². The van der Waals surface area contributed by atoms with Crippen LogP contribution in [-0.4, -0.2) is 17.3 Å². The van der Waals surface area contributed by atoms with Crippen molar-refractivity contribution in [2.24, 2.45) is 4.99 Å². The number of hydrogen-bond acceptors (Lipinski definition) is 3. The number of aliphatic imine (C=N–C) groups is 1. The van der Waals surface area contributed by atoms with Crippen LogP contribution in [-0.2, 0) is 11.8 Å². The molecule has 1 aliphatic carbocycles. The molecular formula is C33H30N3PS. The molecule has 3 nitrogen and oxygen atoms in total. The molecule has 0 spiro atoms. The van der Waals surface area contributed by atoms with E-state index in [1.807, 2.05) is 66.7 Å². The minimum Gasteiger partial charge on any atom is -0.273 e. The van der Waals surface area contributed by atoms with Crippen molar-refractivity contribution in [3.8, 4) is 17.2 Å². The Bertz CT molecular complexity index is 1480. The lowest BCUT2D eigenvalue weighted by atomic mass is 9.89. The minimum atomic E-state index is -2.50. The van der Waals surface area contributed by atoms with Gasteiger partial charge in [0.25, 0.3) is 0 Å². The van der Waals surface area contributed by atoms with E-state index < -0.39 is 17.8 Å². The van der Waals surface area contributed by atoms with Crippen LogP contribution in [0.4, 0.5) is 0 Å². The smallest absolute Gasteiger partial charge is 0.155 e. The van der Waals surface area contributed by atoms with E-state index in [0.29, 0.717) is 6.42 Å². The van der Waals surface area contributed by atoms with Gasteiger partial charge >= 0.3 is 0 Å². The van der Waals surface area contributed by atoms with E-state index in [4.69, 9.17) is 16.8 Å². The van der Waals surface area contributed by atoms with Crippen molar-refractivity contribution in [1.82, 2.24) is 5.09 Å². The Morgan fingerprint density at radius 2 is 1.29 bits per heavy atom. The third-order valence-corrected chi connectivity index (χ3v) is 11.6. The van der Waals surface area contributed by atoms with Gasteiger partial charge in [-0.1, -0.05) is 127 Å². The number of allylic oxidation sites excluding steroid dienone is 1. The molecule has 5 heteroatoms. The number of hydrogen-bond donors (Lipinski definition) is 1. The fourth-order valence-corrected chi connectivity index (χ4v) is 9.20. The van der Waals surface area contributed by atoms with E-state index in [0.717, 1.165) is 45.0 Å². The molecule has 0 fully saturated rings. The molecule has 0 amide bonds. The van der Waals surface area contributed by atoms with Crippen LogP contribution in [0, 0.1) is 11.3 Å². The SMILES string of the molecule is C=CCC[C@@](C)(NP(=S)(c1ccccc1)c1ccccc1)[C@H](C#N)N=C1c2ccccc2-c2ccccc21. The van der Waals surface area contributed by atoms with Crippen molar-refractivity contribution < 1.29 is 0 Å². The summed E-state index contributed by atoms with van der Waals surface area (Å²) in [5.41, 5.74) is 4.58. The van der Waals surface area contributed by atoms with E-state index in [1.165, 1.54) is 0 Å². The molecule has 4 aromatic rings. The van der Waals surface area contributed by atoms with Gasteiger partial charge in [-0.2, -0.15) is 5.26 Å². The maximum atomic E-state index is 10.6. The van der Waals surface area contributed by atoms with E-state index in [2.05, 4.69) is 73.2 Å². The fraction of sp³-hybridized carbons (Fsp3) is 0.152. The van der Waals surface area contributed by atoms with Gasteiger partial charge in [-0.15, -0.1) is 6.58 Å². The third-order valence-electron chi connectivity index (χ3n) is 7.16. The first-order chi connectivity index (χ1) is 18.5. The zero-order valence-electron chi connectivity index (χ0n) is 21.4. The summed E-state index contributed by atoms with van der Waals surface area (Å²) in [5.74, 6) is 0. The van der Waals surface area contributed by atoms with Crippen LogP contribution in [0.5, 0.6) is 0 Å². The van der Waals surface area contributed by atoms with Crippen LogP contribution in [0.2, 0.25) is 0 Å². The maximum Gasteiger partial charge on any atom is 0.155 e. The molecule has 0 radical (unpaired) electrons. The van der Waals surface area contributed by atoms with Gasteiger partial charge in [-0.05, 0) is 30.9 Å². The molecule has 0 heterocycles. The molecule has 0 unspecified atom stereocenters. The first kappa shape index (κ1) is 26.0. The molecule has 0 aromatic heterocycles. The van der Waals surface area contributed by atoms with Crippen molar-refractivity contribution >= 4 is 34.3 Å². The molecule has 1 aliphatic rings. The summed E-state index contributed by atoms with van der Waals surface area (Å²) in [7, 11) is 0. The summed E-state index contributed by atoms with van der Waals surface area (Å²) in [6.07, 6.45) is 0.806. The van der Waals surface area contributed by atoms with Crippen molar-refractivity contribution in [1.29, 1.82) is 5.26 Å². The molecule has 2 atom stereocenters. The lowest BCUT2D eigenvalue weighted by Crippen LogP contribution is -2.52. The molecule has 0 saturated heterocycles. The molecule has 38 heavy (non-hydrogen) atoms. The Kier molecular flexibility index (Phi) is 7.54. The number of rotatable bonds is 9. The van der Waals surface area contributed by atoms with Crippen molar-refractivity contribution in [2.45, 2.75) is 31.3 Å². The average Bonchev–Trinajstić information content (AvgIpc) is 3.29. The predicted molar refractivity (Wildman–Crippen MR) is 164 cm³/mol. The normalized spacial score (nSPS) is 14.5. The topological polar surface area (TPSA) is 48.2 Å². The second-order valence-electron chi connectivity index (χ2n) is 9.74. The van der Waals surface area contributed by atoms with Crippen LogP contribution in [0.1, 0.15) is 30.9 Å². The average molecular weight is 532 g/mol. The highest BCUT2D eigenvalue weighted by Crippen LogP contribution is 2.44.